The maximum absolute atomic E-state index is 3.91. The lowest BCUT2D eigenvalue weighted by Gasteiger charge is -2.19. The van der Waals surface area contributed by atoms with Crippen LogP contribution in [-0.2, 0) is 13.6 Å². The number of aryl methyl sites for hydroxylation is 1. The van der Waals surface area contributed by atoms with Crippen molar-refractivity contribution in [1.29, 1.82) is 0 Å². The molecule has 5 nitrogen and oxygen atoms in total. The topological polar surface area (TPSA) is 46.0 Å². The molecule has 1 aliphatic heterocycles. The Hall–Kier alpha value is -0.940. The van der Waals surface area contributed by atoms with Gasteiger partial charge in [0.2, 0.25) is 0 Å². The number of nitrogens with zero attached hydrogens (tertiary/aromatic N) is 4. The Kier molecular flexibility index (Phi) is 4.94. The Morgan fingerprint density at radius 2 is 2.00 bits per heavy atom. The van der Waals surface area contributed by atoms with Crippen LogP contribution in [0.4, 0.5) is 0 Å². The van der Waals surface area contributed by atoms with Crippen molar-refractivity contribution in [2.45, 2.75) is 32.2 Å². The SMILES string of the molecule is Cn1nncc1CNCCN1CCCCCC1. The van der Waals surface area contributed by atoms with E-state index in [1.54, 1.807) is 0 Å². The Balaban J connectivity index is 1.61. The van der Waals surface area contributed by atoms with Gasteiger partial charge < -0.3 is 10.2 Å². The molecular weight excluding hydrogens is 214 g/mol. The average molecular weight is 237 g/mol. The van der Waals surface area contributed by atoms with Crippen LogP contribution in [0.15, 0.2) is 6.20 Å². The molecule has 0 amide bonds. The van der Waals surface area contributed by atoms with Gasteiger partial charge in [-0.1, -0.05) is 18.1 Å². The summed E-state index contributed by atoms with van der Waals surface area (Å²) in [4.78, 5) is 2.57. The van der Waals surface area contributed by atoms with Crippen LogP contribution in [0.3, 0.4) is 0 Å². The molecule has 1 aliphatic rings. The van der Waals surface area contributed by atoms with Crippen molar-refractivity contribution in [2.75, 3.05) is 26.2 Å². The molecule has 0 spiro atoms. The van der Waals surface area contributed by atoms with Crippen LogP contribution in [0.5, 0.6) is 0 Å². The van der Waals surface area contributed by atoms with Gasteiger partial charge in [-0.05, 0) is 25.9 Å². The van der Waals surface area contributed by atoms with Crippen molar-refractivity contribution in [2.24, 2.45) is 7.05 Å². The predicted molar refractivity (Wildman–Crippen MR) is 67.6 cm³/mol. The number of aromatic nitrogens is 3. The Morgan fingerprint density at radius 1 is 1.24 bits per heavy atom. The van der Waals surface area contributed by atoms with E-state index in [9.17, 15) is 0 Å². The van der Waals surface area contributed by atoms with Gasteiger partial charge in [0.15, 0.2) is 0 Å². The fourth-order valence-electron chi connectivity index (χ4n) is 2.28. The Bertz CT molecular complexity index is 314. The lowest BCUT2D eigenvalue weighted by molar-refractivity contribution is 0.283. The van der Waals surface area contributed by atoms with Crippen LogP contribution in [0.1, 0.15) is 31.4 Å². The van der Waals surface area contributed by atoms with Crippen molar-refractivity contribution in [1.82, 2.24) is 25.2 Å². The third-order valence-corrected chi connectivity index (χ3v) is 3.42. The first-order valence-corrected chi connectivity index (χ1v) is 6.63. The largest absolute Gasteiger partial charge is 0.310 e. The van der Waals surface area contributed by atoms with E-state index in [1.165, 1.54) is 38.8 Å². The van der Waals surface area contributed by atoms with E-state index in [1.807, 2.05) is 17.9 Å². The molecule has 1 fully saturated rings. The fourth-order valence-corrected chi connectivity index (χ4v) is 2.28. The van der Waals surface area contributed by atoms with Gasteiger partial charge >= 0.3 is 0 Å². The van der Waals surface area contributed by atoms with E-state index in [0.29, 0.717) is 0 Å². The highest BCUT2D eigenvalue weighted by atomic mass is 15.4. The van der Waals surface area contributed by atoms with E-state index < -0.39 is 0 Å². The average Bonchev–Trinajstić information content (AvgIpc) is 2.60. The number of hydrogen-bond donors (Lipinski definition) is 1. The second-order valence-corrected chi connectivity index (χ2v) is 4.78. The minimum atomic E-state index is 0.858. The minimum Gasteiger partial charge on any atom is -0.310 e. The maximum Gasteiger partial charge on any atom is 0.0738 e. The van der Waals surface area contributed by atoms with Gasteiger partial charge in [-0.2, -0.15) is 0 Å². The van der Waals surface area contributed by atoms with Gasteiger partial charge in [-0.3, -0.25) is 4.68 Å². The summed E-state index contributed by atoms with van der Waals surface area (Å²) < 4.78 is 1.82. The molecule has 1 saturated heterocycles. The quantitative estimate of drug-likeness (QED) is 0.769. The van der Waals surface area contributed by atoms with Crippen molar-refractivity contribution in [3.63, 3.8) is 0 Å². The van der Waals surface area contributed by atoms with Gasteiger partial charge in [-0.25, -0.2) is 0 Å². The van der Waals surface area contributed by atoms with E-state index >= 15 is 0 Å². The number of rotatable bonds is 5. The summed E-state index contributed by atoms with van der Waals surface area (Å²) in [5, 5.41) is 11.2. The maximum atomic E-state index is 3.91. The van der Waals surface area contributed by atoms with Crippen molar-refractivity contribution in [3.8, 4) is 0 Å². The number of nitrogens with one attached hydrogen (secondary N) is 1. The Morgan fingerprint density at radius 3 is 2.65 bits per heavy atom. The highest BCUT2D eigenvalue weighted by molar-refractivity contribution is 4.92. The van der Waals surface area contributed by atoms with Gasteiger partial charge in [0.05, 0.1) is 11.9 Å². The molecule has 2 rings (SSSR count). The van der Waals surface area contributed by atoms with E-state index in [4.69, 9.17) is 0 Å². The van der Waals surface area contributed by atoms with E-state index in [-0.39, 0.29) is 0 Å². The Labute approximate surface area is 103 Å². The predicted octanol–water partition coefficient (Wildman–Crippen LogP) is 0.781. The molecule has 17 heavy (non-hydrogen) atoms. The normalized spacial score (nSPS) is 18.2. The lowest BCUT2D eigenvalue weighted by Crippen LogP contribution is -2.32. The van der Waals surface area contributed by atoms with E-state index in [0.717, 1.165) is 25.3 Å². The first-order valence-electron chi connectivity index (χ1n) is 6.63. The molecule has 0 unspecified atom stereocenters. The van der Waals surface area contributed by atoms with Crippen LogP contribution in [0.25, 0.3) is 0 Å². The first kappa shape index (κ1) is 12.5. The van der Waals surface area contributed by atoms with Crippen LogP contribution >= 0.6 is 0 Å². The van der Waals surface area contributed by atoms with Crippen molar-refractivity contribution >= 4 is 0 Å². The third kappa shape index (κ3) is 4.09. The highest BCUT2D eigenvalue weighted by Gasteiger charge is 2.08. The van der Waals surface area contributed by atoms with Gasteiger partial charge in [0.25, 0.3) is 0 Å². The number of hydrogen-bond acceptors (Lipinski definition) is 4. The van der Waals surface area contributed by atoms with Crippen molar-refractivity contribution in [3.05, 3.63) is 11.9 Å². The van der Waals surface area contributed by atoms with Crippen LogP contribution < -0.4 is 5.32 Å². The van der Waals surface area contributed by atoms with Crippen LogP contribution in [0, 0.1) is 0 Å². The lowest BCUT2D eigenvalue weighted by atomic mass is 10.2. The molecule has 0 aromatic carbocycles. The third-order valence-electron chi connectivity index (χ3n) is 3.42. The minimum absolute atomic E-state index is 0.858. The summed E-state index contributed by atoms with van der Waals surface area (Å²) in [6, 6.07) is 0. The fraction of sp³-hybridized carbons (Fsp3) is 0.833. The van der Waals surface area contributed by atoms with Crippen LogP contribution in [-0.4, -0.2) is 46.1 Å². The van der Waals surface area contributed by atoms with Gasteiger partial charge in [0.1, 0.15) is 0 Å². The highest BCUT2D eigenvalue weighted by Crippen LogP contribution is 2.08. The van der Waals surface area contributed by atoms with E-state index in [2.05, 4.69) is 20.5 Å². The van der Waals surface area contributed by atoms with Crippen molar-refractivity contribution < 1.29 is 0 Å². The molecule has 1 aromatic rings. The summed E-state index contributed by atoms with van der Waals surface area (Å²) in [7, 11) is 1.93. The zero-order valence-electron chi connectivity index (χ0n) is 10.7. The second-order valence-electron chi connectivity index (χ2n) is 4.78. The zero-order chi connectivity index (χ0) is 11.9. The zero-order valence-corrected chi connectivity index (χ0v) is 10.7. The first-order chi connectivity index (χ1) is 8.36. The molecule has 0 atom stereocenters. The summed E-state index contributed by atoms with van der Waals surface area (Å²) in [5.41, 5.74) is 1.14. The standard InChI is InChI=1S/C12H23N5/c1-16-12(11-14-15-16)10-13-6-9-17-7-4-2-3-5-8-17/h11,13H,2-10H2,1H3. The molecule has 1 aromatic heterocycles. The molecule has 0 radical (unpaired) electrons. The second kappa shape index (κ2) is 6.71. The number of likely N-dealkylation sites (tertiary alicyclic amines) is 1. The van der Waals surface area contributed by atoms with Crippen LogP contribution in [0.2, 0.25) is 0 Å². The molecule has 1 N–H and O–H groups in total. The summed E-state index contributed by atoms with van der Waals surface area (Å²) in [5.74, 6) is 0. The van der Waals surface area contributed by atoms with Gasteiger partial charge in [0, 0.05) is 26.7 Å². The molecule has 5 heteroatoms. The summed E-state index contributed by atoms with van der Waals surface area (Å²) in [6.45, 7) is 5.61. The van der Waals surface area contributed by atoms with Gasteiger partial charge in [-0.15, -0.1) is 5.10 Å². The smallest absolute Gasteiger partial charge is 0.0738 e. The summed E-state index contributed by atoms with van der Waals surface area (Å²) >= 11 is 0. The molecular formula is C12H23N5. The molecule has 0 aliphatic carbocycles. The monoisotopic (exact) mass is 237 g/mol. The molecule has 96 valence electrons. The summed E-state index contributed by atoms with van der Waals surface area (Å²) in [6.07, 6.45) is 7.37. The molecule has 2 heterocycles. The molecule has 0 bridgehead atoms. The molecule has 0 saturated carbocycles.